The molecule has 0 radical (unpaired) electrons. The molecule has 3 aromatic rings. The number of hydrogen-bond donors (Lipinski definition) is 1. The molecule has 10 nitrogen and oxygen atoms in total. The highest BCUT2D eigenvalue weighted by Crippen LogP contribution is 2.18. The maximum absolute atomic E-state index is 12.3. The zero-order chi connectivity index (χ0) is 22.1. The fourth-order valence-electron chi connectivity index (χ4n) is 2.47. The summed E-state index contributed by atoms with van der Waals surface area (Å²) in [5.41, 5.74) is 2.66. The van der Waals surface area contributed by atoms with Crippen LogP contribution in [0.2, 0.25) is 0 Å². The fourth-order valence-corrected chi connectivity index (χ4v) is 2.47. The maximum atomic E-state index is 12.3. The standard InChI is InChI=1S/C16H18N6O.C4H9NO2/c1-11-7-14(12-5-6-15(17-8-12)20(2)3)19-22(16(11)23)13-9-18-21(4)10-13;1-7-3-2-5-4-6/h5-10H,1-4H3;4H,2-3H2,1H3,(H,5,6). The molecule has 0 fully saturated rings. The highest BCUT2D eigenvalue weighted by molar-refractivity contribution is 5.60. The number of pyridine rings is 1. The average Bonchev–Trinajstić information content (AvgIpc) is 3.17. The molecule has 160 valence electrons. The molecule has 0 aliphatic carbocycles. The SMILES string of the molecule is COCCNC=O.Cc1cc(-c2ccc(N(C)C)nc2)nn(-c2cnn(C)c2)c1=O. The highest BCUT2D eigenvalue weighted by atomic mass is 16.5. The van der Waals surface area contributed by atoms with Crippen molar-refractivity contribution >= 4 is 12.2 Å². The van der Waals surface area contributed by atoms with Gasteiger partial charge < -0.3 is 15.0 Å². The predicted molar refractivity (Wildman–Crippen MR) is 115 cm³/mol. The van der Waals surface area contributed by atoms with Crippen molar-refractivity contribution in [1.29, 1.82) is 0 Å². The van der Waals surface area contributed by atoms with E-state index in [-0.39, 0.29) is 5.56 Å². The van der Waals surface area contributed by atoms with Gasteiger partial charge in [0, 0.05) is 52.1 Å². The van der Waals surface area contributed by atoms with Crippen LogP contribution in [0.3, 0.4) is 0 Å². The van der Waals surface area contributed by atoms with Gasteiger partial charge in [-0.15, -0.1) is 0 Å². The summed E-state index contributed by atoms with van der Waals surface area (Å²) < 4.78 is 7.63. The van der Waals surface area contributed by atoms with E-state index in [4.69, 9.17) is 0 Å². The van der Waals surface area contributed by atoms with Gasteiger partial charge in [-0.05, 0) is 25.1 Å². The number of aromatic nitrogens is 5. The van der Waals surface area contributed by atoms with Crippen LogP contribution in [0.25, 0.3) is 16.9 Å². The number of methoxy groups -OCH3 is 1. The molecule has 0 aliphatic rings. The van der Waals surface area contributed by atoms with Crippen LogP contribution in [-0.2, 0) is 16.6 Å². The van der Waals surface area contributed by atoms with E-state index in [1.54, 1.807) is 50.4 Å². The fraction of sp³-hybridized carbons (Fsp3) is 0.350. The van der Waals surface area contributed by atoms with E-state index in [1.165, 1.54) is 4.68 Å². The van der Waals surface area contributed by atoms with Crippen molar-refractivity contribution in [3.63, 3.8) is 0 Å². The van der Waals surface area contributed by atoms with Crippen molar-refractivity contribution in [2.45, 2.75) is 6.92 Å². The van der Waals surface area contributed by atoms with E-state index in [0.29, 0.717) is 36.5 Å². The molecule has 0 saturated carbocycles. The summed E-state index contributed by atoms with van der Waals surface area (Å²) in [6.45, 7) is 2.96. The van der Waals surface area contributed by atoms with Gasteiger partial charge >= 0.3 is 0 Å². The summed E-state index contributed by atoms with van der Waals surface area (Å²) in [6, 6.07) is 5.65. The Labute approximate surface area is 175 Å². The second kappa shape index (κ2) is 10.9. The van der Waals surface area contributed by atoms with Crippen LogP contribution in [0.5, 0.6) is 0 Å². The average molecular weight is 413 g/mol. The lowest BCUT2D eigenvalue weighted by molar-refractivity contribution is -0.109. The molecule has 0 unspecified atom stereocenters. The molecule has 0 saturated heterocycles. The van der Waals surface area contributed by atoms with Crippen LogP contribution in [0.1, 0.15) is 5.56 Å². The molecule has 0 aliphatic heterocycles. The van der Waals surface area contributed by atoms with Crippen LogP contribution in [0.15, 0.2) is 41.6 Å². The van der Waals surface area contributed by atoms with Gasteiger partial charge in [0.25, 0.3) is 5.56 Å². The van der Waals surface area contributed by atoms with Crippen LogP contribution >= 0.6 is 0 Å². The first-order chi connectivity index (χ1) is 14.4. The molecule has 0 aromatic carbocycles. The first kappa shape index (κ1) is 22.8. The van der Waals surface area contributed by atoms with Gasteiger partial charge in [0.05, 0.1) is 24.7 Å². The Hall–Kier alpha value is -3.53. The number of ether oxygens (including phenoxy) is 1. The van der Waals surface area contributed by atoms with E-state index in [9.17, 15) is 9.59 Å². The number of nitrogens with one attached hydrogen (secondary N) is 1. The number of amides is 1. The van der Waals surface area contributed by atoms with E-state index >= 15 is 0 Å². The van der Waals surface area contributed by atoms with E-state index in [1.807, 2.05) is 31.1 Å². The quantitative estimate of drug-likeness (QED) is 0.451. The van der Waals surface area contributed by atoms with Gasteiger partial charge in [-0.1, -0.05) is 0 Å². The largest absolute Gasteiger partial charge is 0.383 e. The molecule has 3 rings (SSSR count). The lowest BCUT2D eigenvalue weighted by Crippen LogP contribution is -2.23. The minimum Gasteiger partial charge on any atom is -0.383 e. The zero-order valence-electron chi connectivity index (χ0n) is 17.9. The topological polar surface area (TPSA) is 107 Å². The van der Waals surface area contributed by atoms with Gasteiger partial charge in [0.15, 0.2) is 0 Å². The van der Waals surface area contributed by atoms with E-state index in [2.05, 4.69) is 25.2 Å². The first-order valence-electron chi connectivity index (χ1n) is 9.27. The number of carbonyl (C=O) groups excluding carboxylic acids is 1. The Morgan fingerprint density at radius 1 is 1.27 bits per heavy atom. The Morgan fingerprint density at radius 2 is 2.03 bits per heavy atom. The van der Waals surface area contributed by atoms with Crippen molar-refractivity contribution < 1.29 is 9.53 Å². The van der Waals surface area contributed by atoms with Crippen LogP contribution < -0.4 is 15.8 Å². The Morgan fingerprint density at radius 3 is 2.57 bits per heavy atom. The predicted octanol–water partition coefficient (Wildman–Crippen LogP) is 0.781. The number of aryl methyl sites for hydroxylation is 2. The summed E-state index contributed by atoms with van der Waals surface area (Å²) in [7, 11) is 7.27. The van der Waals surface area contributed by atoms with Crippen molar-refractivity contribution in [1.82, 2.24) is 29.9 Å². The number of anilines is 1. The molecule has 1 amide bonds. The highest BCUT2D eigenvalue weighted by Gasteiger charge is 2.10. The monoisotopic (exact) mass is 413 g/mol. The third-order valence-corrected chi connectivity index (χ3v) is 4.06. The molecular formula is C20H27N7O3. The minimum absolute atomic E-state index is 0.153. The third kappa shape index (κ3) is 5.98. The Kier molecular flexibility index (Phi) is 8.24. The Bertz CT molecular complexity index is 1010. The van der Waals surface area contributed by atoms with Gasteiger partial charge in [0.2, 0.25) is 6.41 Å². The van der Waals surface area contributed by atoms with E-state index < -0.39 is 0 Å². The molecule has 0 atom stereocenters. The number of rotatable bonds is 7. The Balaban J connectivity index is 0.000000396. The summed E-state index contributed by atoms with van der Waals surface area (Å²) in [4.78, 5) is 28.2. The van der Waals surface area contributed by atoms with E-state index in [0.717, 1.165) is 11.4 Å². The van der Waals surface area contributed by atoms with Crippen molar-refractivity contribution in [3.05, 3.63) is 52.7 Å². The second-order valence-electron chi connectivity index (χ2n) is 6.67. The molecule has 0 spiro atoms. The van der Waals surface area contributed by atoms with Gasteiger partial charge in [-0.2, -0.15) is 14.9 Å². The molecule has 0 bridgehead atoms. The van der Waals surface area contributed by atoms with Crippen LogP contribution in [0, 0.1) is 6.92 Å². The lowest BCUT2D eigenvalue weighted by Gasteiger charge is -2.12. The molecule has 10 heteroatoms. The summed E-state index contributed by atoms with van der Waals surface area (Å²) in [6.07, 6.45) is 5.78. The molecule has 3 heterocycles. The summed E-state index contributed by atoms with van der Waals surface area (Å²) in [5, 5.41) is 11.0. The number of hydrogen-bond acceptors (Lipinski definition) is 7. The normalized spacial score (nSPS) is 10.2. The third-order valence-electron chi connectivity index (χ3n) is 4.06. The zero-order valence-corrected chi connectivity index (χ0v) is 17.9. The smallest absolute Gasteiger partial charge is 0.274 e. The van der Waals surface area contributed by atoms with Crippen molar-refractivity contribution in [3.8, 4) is 16.9 Å². The summed E-state index contributed by atoms with van der Waals surface area (Å²) in [5.74, 6) is 0.867. The minimum atomic E-state index is -0.153. The maximum Gasteiger partial charge on any atom is 0.274 e. The molecule has 1 N–H and O–H groups in total. The van der Waals surface area contributed by atoms with Gasteiger partial charge in [-0.3, -0.25) is 14.3 Å². The molecule has 3 aromatic heterocycles. The second-order valence-corrected chi connectivity index (χ2v) is 6.67. The van der Waals surface area contributed by atoms with Gasteiger partial charge in [0.1, 0.15) is 11.5 Å². The van der Waals surface area contributed by atoms with Crippen molar-refractivity contribution in [2.75, 3.05) is 39.3 Å². The first-order valence-corrected chi connectivity index (χ1v) is 9.27. The molecule has 30 heavy (non-hydrogen) atoms. The summed E-state index contributed by atoms with van der Waals surface area (Å²) >= 11 is 0. The van der Waals surface area contributed by atoms with Crippen molar-refractivity contribution in [2.24, 2.45) is 7.05 Å². The number of carbonyl (C=O) groups is 1. The lowest BCUT2D eigenvalue weighted by atomic mass is 10.1. The van der Waals surface area contributed by atoms with Crippen LogP contribution in [-0.4, -0.2) is 65.3 Å². The van der Waals surface area contributed by atoms with Gasteiger partial charge in [-0.25, -0.2) is 4.98 Å². The molecular weight excluding hydrogens is 386 g/mol. The van der Waals surface area contributed by atoms with Crippen LogP contribution in [0.4, 0.5) is 5.82 Å². The number of nitrogens with zero attached hydrogens (tertiary/aromatic N) is 6.